The minimum absolute atomic E-state index is 0.0339. The number of hydrogen-bond acceptors (Lipinski definition) is 6. The average Bonchev–Trinajstić information content (AvgIpc) is 2.83. The lowest BCUT2D eigenvalue weighted by molar-refractivity contribution is 0.0742. The van der Waals surface area contributed by atoms with Crippen LogP contribution in [0.2, 0.25) is 0 Å². The highest BCUT2D eigenvalue weighted by Crippen LogP contribution is 2.24. The van der Waals surface area contributed by atoms with Gasteiger partial charge in [0, 0.05) is 43.8 Å². The first-order valence-corrected chi connectivity index (χ1v) is 10.6. The van der Waals surface area contributed by atoms with Gasteiger partial charge in [-0.3, -0.25) is 9.78 Å². The van der Waals surface area contributed by atoms with Gasteiger partial charge in [-0.05, 0) is 30.5 Å². The van der Waals surface area contributed by atoms with Crippen molar-refractivity contribution < 1.29 is 9.53 Å². The van der Waals surface area contributed by atoms with Gasteiger partial charge >= 0.3 is 0 Å². The zero-order valence-corrected chi connectivity index (χ0v) is 17.8. The summed E-state index contributed by atoms with van der Waals surface area (Å²) < 4.78 is 5.90. The number of carbonyl (C=O) groups is 1. The largest absolute Gasteiger partial charge is 0.439 e. The minimum Gasteiger partial charge on any atom is -0.439 e. The van der Waals surface area contributed by atoms with E-state index in [0.717, 1.165) is 22.3 Å². The van der Waals surface area contributed by atoms with E-state index in [2.05, 4.69) is 19.9 Å². The minimum atomic E-state index is -0.0339. The lowest BCUT2D eigenvalue weighted by Crippen LogP contribution is -2.49. The number of aryl methyl sites for hydroxylation is 1. The zero-order chi connectivity index (χ0) is 21.9. The number of aromatic nitrogens is 3. The van der Waals surface area contributed by atoms with Gasteiger partial charge in [-0.15, -0.1) is 0 Å². The Bertz CT molecular complexity index is 1250. The molecule has 32 heavy (non-hydrogen) atoms. The van der Waals surface area contributed by atoms with E-state index in [9.17, 15) is 4.79 Å². The van der Waals surface area contributed by atoms with E-state index in [1.807, 2.05) is 78.6 Å². The number of rotatable bonds is 4. The van der Waals surface area contributed by atoms with Crippen LogP contribution >= 0.6 is 0 Å². The number of anilines is 1. The molecule has 1 saturated heterocycles. The number of pyridine rings is 1. The lowest BCUT2D eigenvalue weighted by atomic mass is 10.1. The SMILES string of the molecule is Cc1nc(Oc2ccccc2)cc(N2CCN(C(=O)c3nccc4ccccc34)CC2)n1. The first-order valence-electron chi connectivity index (χ1n) is 10.6. The van der Waals surface area contributed by atoms with Crippen LogP contribution in [0.15, 0.2) is 72.9 Å². The predicted octanol–water partition coefficient (Wildman–Crippen LogP) is 4.09. The van der Waals surface area contributed by atoms with Crippen molar-refractivity contribution in [3.63, 3.8) is 0 Å². The molecule has 2 aromatic carbocycles. The molecular weight excluding hydrogens is 402 g/mol. The van der Waals surface area contributed by atoms with Crippen LogP contribution in [-0.2, 0) is 0 Å². The Balaban J connectivity index is 1.30. The molecule has 5 rings (SSSR count). The van der Waals surface area contributed by atoms with E-state index in [1.54, 1.807) is 6.20 Å². The Morgan fingerprint density at radius 2 is 1.66 bits per heavy atom. The second-order valence-corrected chi connectivity index (χ2v) is 7.69. The summed E-state index contributed by atoms with van der Waals surface area (Å²) in [5.74, 6) is 2.66. The number of amides is 1. The van der Waals surface area contributed by atoms with Crippen LogP contribution in [0, 0.1) is 6.92 Å². The summed E-state index contributed by atoms with van der Waals surface area (Å²) >= 11 is 0. The normalized spacial score (nSPS) is 13.9. The Hall–Kier alpha value is -4.00. The van der Waals surface area contributed by atoms with Gasteiger partial charge in [-0.2, -0.15) is 4.98 Å². The fourth-order valence-electron chi connectivity index (χ4n) is 3.93. The molecule has 0 bridgehead atoms. The first kappa shape index (κ1) is 19.9. The zero-order valence-electron chi connectivity index (χ0n) is 17.8. The Kier molecular flexibility index (Phi) is 5.37. The number of carbonyl (C=O) groups excluding carboxylic acids is 1. The molecule has 7 nitrogen and oxygen atoms in total. The van der Waals surface area contributed by atoms with E-state index in [4.69, 9.17) is 4.74 Å². The van der Waals surface area contributed by atoms with Gasteiger partial charge < -0.3 is 14.5 Å². The maximum absolute atomic E-state index is 13.2. The number of piperazine rings is 1. The molecule has 0 aliphatic carbocycles. The lowest BCUT2D eigenvalue weighted by Gasteiger charge is -2.35. The third kappa shape index (κ3) is 4.09. The molecule has 1 aliphatic rings. The first-order chi connectivity index (χ1) is 15.7. The summed E-state index contributed by atoms with van der Waals surface area (Å²) in [6, 6.07) is 21.2. The molecule has 3 heterocycles. The van der Waals surface area contributed by atoms with E-state index in [-0.39, 0.29) is 5.91 Å². The third-order valence-corrected chi connectivity index (χ3v) is 5.53. The number of para-hydroxylation sites is 1. The standard InChI is InChI=1S/C25H23N5O2/c1-18-27-22(17-23(28-18)32-20-8-3-2-4-9-20)29-13-15-30(16-14-29)25(31)24-21-10-6-5-7-19(21)11-12-26-24/h2-12,17H,13-16H2,1H3. The van der Waals surface area contributed by atoms with E-state index in [1.165, 1.54) is 0 Å². The molecule has 4 aromatic rings. The monoisotopic (exact) mass is 425 g/mol. The van der Waals surface area contributed by atoms with Crippen molar-refractivity contribution in [2.24, 2.45) is 0 Å². The van der Waals surface area contributed by atoms with Gasteiger partial charge in [-0.25, -0.2) is 4.98 Å². The van der Waals surface area contributed by atoms with E-state index >= 15 is 0 Å². The van der Waals surface area contributed by atoms with Crippen LogP contribution < -0.4 is 9.64 Å². The maximum atomic E-state index is 13.2. The van der Waals surface area contributed by atoms with Crippen LogP contribution in [0.1, 0.15) is 16.3 Å². The van der Waals surface area contributed by atoms with Crippen molar-refractivity contribution in [1.82, 2.24) is 19.9 Å². The van der Waals surface area contributed by atoms with Crippen molar-refractivity contribution in [2.75, 3.05) is 31.1 Å². The van der Waals surface area contributed by atoms with Crippen LogP contribution in [0.3, 0.4) is 0 Å². The molecule has 0 spiro atoms. The van der Waals surface area contributed by atoms with Gasteiger partial charge in [0.05, 0.1) is 0 Å². The summed E-state index contributed by atoms with van der Waals surface area (Å²) in [4.78, 5) is 30.6. The molecule has 2 aromatic heterocycles. The molecule has 160 valence electrons. The smallest absolute Gasteiger partial charge is 0.273 e. The molecule has 7 heteroatoms. The fraction of sp³-hybridized carbons (Fsp3) is 0.200. The topological polar surface area (TPSA) is 71.5 Å². The number of ether oxygens (including phenoxy) is 1. The van der Waals surface area contributed by atoms with Gasteiger partial charge in [0.2, 0.25) is 5.88 Å². The predicted molar refractivity (Wildman–Crippen MR) is 123 cm³/mol. The molecule has 0 unspecified atom stereocenters. The maximum Gasteiger partial charge on any atom is 0.273 e. The molecule has 0 atom stereocenters. The van der Waals surface area contributed by atoms with Gasteiger partial charge in [0.25, 0.3) is 5.91 Å². The van der Waals surface area contributed by atoms with E-state index < -0.39 is 0 Å². The Morgan fingerprint density at radius 1 is 0.906 bits per heavy atom. The van der Waals surface area contributed by atoms with Gasteiger partial charge in [0.1, 0.15) is 23.1 Å². The molecular formula is C25H23N5O2. The van der Waals surface area contributed by atoms with Crippen LogP contribution in [-0.4, -0.2) is 51.9 Å². The molecule has 1 amide bonds. The fourth-order valence-corrected chi connectivity index (χ4v) is 3.93. The molecule has 1 aliphatic heterocycles. The number of hydrogen-bond donors (Lipinski definition) is 0. The second-order valence-electron chi connectivity index (χ2n) is 7.69. The highest BCUT2D eigenvalue weighted by molar-refractivity contribution is 6.05. The molecule has 1 fully saturated rings. The van der Waals surface area contributed by atoms with Crippen LogP contribution in [0.4, 0.5) is 5.82 Å². The van der Waals surface area contributed by atoms with Gasteiger partial charge in [0.15, 0.2) is 0 Å². The summed E-state index contributed by atoms with van der Waals surface area (Å²) in [5.41, 5.74) is 0.507. The Labute approximate surface area is 186 Å². The van der Waals surface area contributed by atoms with Crippen molar-refractivity contribution in [1.29, 1.82) is 0 Å². The average molecular weight is 425 g/mol. The van der Waals surface area contributed by atoms with Crippen molar-refractivity contribution in [3.05, 3.63) is 84.4 Å². The number of fused-ring (bicyclic) bond motifs is 1. The van der Waals surface area contributed by atoms with Crippen LogP contribution in [0.25, 0.3) is 10.8 Å². The summed E-state index contributed by atoms with van der Waals surface area (Å²) in [6.45, 7) is 4.41. The molecule has 0 saturated carbocycles. The van der Waals surface area contributed by atoms with Gasteiger partial charge in [-0.1, -0.05) is 42.5 Å². The van der Waals surface area contributed by atoms with Crippen LogP contribution in [0.5, 0.6) is 11.6 Å². The van der Waals surface area contributed by atoms with Crippen molar-refractivity contribution in [3.8, 4) is 11.6 Å². The van der Waals surface area contributed by atoms with E-state index in [0.29, 0.717) is 43.6 Å². The molecule has 0 N–H and O–H groups in total. The summed E-state index contributed by atoms with van der Waals surface area (Å²) in [6.07, 6.45) is 1.70. The number of benzene rings is 2. The quantitative estimate of drug-likeness (QED) is 0.491. The highest BCUT2D eigenvalue weighted by atomic mass is 16.5. The molecule has 0 radical (unpaired) electrons. The third-order valence-electron chi connectivity index (χ3n) is 5.53. The summed E-state index contributed by atoms with van der Waals surface area (Å²) in [5, 5.41) is 1.91. The van der Waals surface area contributed by atoms with Crippen molar-refractivity contribution >= 4 is 22.5 Å². The highest BCUT2D eigenvalue weighted by Gasteiger charge is 2.25. The Morgan fingerprint density at radius 3 is 2.47 bits per heavy atom. The summed E-state index contributed by atoms with van der Waals surface area (Å²) in [7, 11) is 0. The second kappa shape index (κ2) is 8.63. The van der Waals surface area contributed by atoms with Crippen molar-refractivity contribution in [2.45, 2.75) is 6.92 Å². The number of nitrogens with zero attached hydrogens (tertiary/aromatic N) is 5.